The van der Waals surface area contributed by atoms with Crippen LogP contribution in [0.3, 0.4) is 0 Å². The zero-order valence-electron chi connectivity index (χ0n) is 14.6. The summed E-state index contributed by atoms with van der Waals surface area (Å²) >= 11 is 0. The third-order valence-electron chi connectivity index (χ3n) is 3.51. The fraction of sp³-hybridized carbons (Fsp3) is 0.417. The molecule has 2 aliphatic heterocycles. The summed E-state index contributed by atoms with van der Waals surface area (Å²) in [5, 5.41) is 34.4. The lowest BCUT2D eigenvalue weighted by Crippen LogP contribution is -2.66. The predicted molar refractivity (Wildman–Crippen MR) is 88.3 cm³/mol. The van der Waals surface area contributed by atoms with Crippen molar-refractivity contribution >= 4 is 42.7 Å². The second-order valence-electron chi connectivity index (χ2n) is 5.38. The van der Waals surface area contributed by atoms with E-state index in [9.17, 15) is 39.0 Å². The van der Waals surface area contributed by atoms with Gasteiger partial charge in [0.05, 0.1) is 19.9 Å². The van der Waals surface area contributed by atoms with Crippen LogP contribution in [-0.4, -0.2) is 84.1 Å². The van der Waals surface area contributed by atoms with Crippen molar-refractivity contribution in [2.24, 2.45) is 0 Å². The Hall–Kier alpha value is -3.99. The van der Waals surface area contributed by atoms with E-state index in [1.807, 2.05) is 38.7 Å². The van der Waals surface area contributed by atoms with Gasteiger partial charge in [0.2, 0.25) is 11.3 Å². The molecule has 2 atom stereocenters. The van der Waals surface area contributed by atoms with E-state index in [1.165, 1.54) is 0 Å². The molecule has 0 saturated carbocycles. The minimum atomic E-state index is -2.06. The molecule has 0 aliphatic carbocycles. The van der Waals surface area contributed by atoms with E-state index < -0.39 is 67.1 Å². The van der Waals surface area contributed by atoms with Crippen molar-refractivity contribution in [3.8, 4) is 0 Å². The molecule has 0 radical (unpaired) electrons. The monoisotopic (exact) mass is 418 g/mol. The van der Waals surface area contributed by atoms with Crippen LogP contribution in [0.4, 0.5) is 19.2 Å². The third kappa shape index (κ3) is 5.05. The average Bonchev–Trinajstić information content (AvgIpc) is 3.11. The Balaban J connectivity index is 0.00000204. The van der Waals surface area contributed by atoms with Gasteiger partial charge in [-0.2, -0.15) is 0 Å². The zero-order valence-corrected chi connectivity index (χ0v) is 14.6. The normalized spacial score (nSPS) is 24.8. The molecule has 17 heteroatoms. The molecule has 2 rings (SSSR count). The summed E-state index contributed by atoms with van der Waals surface area (Å²) in [7, 11) is 0. The fourth-order valence-electron chi connectivity index (χ4n) is 2.14. The number of imide groups is 2. The molecule has 2 heterocycles. The molecule has 0 bridgehead atoms. The highest BCUT2D eigenvalue weighted by Gasteiger charge is 2.48. The number of rotatable bonds is 6. The number of urea groups is 4. The van der Waals surface area contributed by atoms with Gasteiger partial charge >= 0.3 is 24.1 Å². The van der Waals surface area contributed by atoms with Gasteiger partial charge in [-0.15, -0.1) is 0 Å². The molecule has 160 valence electrons. The SMILES string of the molecule is C=O.O=C(NCNC(=O)NC1(CO)NC(=O)NC1=O)NC1(CO)NC(=O)NC1=O. The third-order valence-corrected chi connectivity index (χ3v) is 3.51. The molecule has 0 aromatic carbocycles. The number of amides is 10. The molecule has 0 spiro atoms. The van der Waals surface area contributed by atoms with Crippen molar-refractivity contribution in [1.82, 2.24) is 42.5 Å². The lowest BCUT2D eigenvalue weighted by Gasteiger charge is -2.26. The summed E-state index contributed by atoms with van der Waals surface area (Å²) in [4.78, 5) is 76.9. The molecule has 2 unspecified atom stereocenters. The van der Waals surface area contributed by atoms with Gasteiger partial charge < -0.3 is 46.9 Å². The number of hydrogen-bond acceptors (Lipinski definition) is 9. The maximum Gasteiger partial charge on any atom is 0.323 e. The van der Waals surface area contributed by atoms with Crippen LogP contribution in [0.5, 0.6) is 0 Å². The van der Waals surface area contributed by atoms with Gasteiger partial charge in [-0.3, -0.25) is 20.2 Å². The zero-order chi connectivity index (χ0) is 22.2. The molecule has 2 aliphatic rings. The Morgan fingerprint density at radius 3 is 1.38 bits per heavy atom. The summed E-state index contributed by atoms with van der Waals surface area (Å²) in [6.45, 7) is -0.384. The maximum absolute atomic E-state index is 11.8. The van der Waals surface area contributed by atoms with E-state index in [4.69, 9.17) is 4.79 Å². The van der Waals surface area contributed by atoms with Crippen LogP contribution in [0, 0.1) is 0 Å². The predicted octanol–water partition coefficient (Wildman–Crippen LogP) is -5.59. The quantitative estimate of drug-likeness (QED) is 0.145. The summed E-state index contributed by atoms with van der Waals surface area (Å²) in [5.74, 6) is -1.97. The van der Waals surface area contributed by atoms with Crippen LogP contribution in [0.1, 0.15) is 0 Å². The second kappa shape index (κ2) is 9.28. The number of nitrogens with one attached hydrogen (secondary N) is 8. The highest BCUT2D eigenvalue weighted by atomic mass is 16.3. The second-order valence-corrected chi connectivity index (χ2v) is 5.38. The van der Waals surface area contributed by atoms with E-state index in [2.05, 4.69) is 10.6 Å². The molecular formula is C12H18N8O9. The summed E-state index contributed by atoms with van der Waals surface area (Å²) in [5.41, 5.74) is -4.12. The Morgan fingerprint density at radius 2 is 1.14 bits per heavy atom. The number of carbonyl (C=O) groups is 7. The number of carbonyl (C=O) groups excluding carboxylic acids is 7. The van der Waals surface area contributed by atoms with Crippen molar-refractivity contribution in [2.75, 3.05) is 19.9 Å². The highest BCUT2D eigenvalue weighted by Crippen LogP contribution is 2.06. The molecule has 10 amide bonds. The first-order valence-electron chi connectivity index (χ1n) is 7.56. The molecule has 10 N–H and O–H groups in total. The van der Waals surface area contributed by atoms with Crippen molar-refractivity contribution in [2.45, 2.75) is 11.3 Å². The Bertz CT molecular complexity index is 672. The standard InChI is InChI=1S/C11H16N8O8.CH2O/c20-1-10(4(22)14-8(26)18-10)16-6(24)12-3-13-7(25)17-11(2-21)5(23)15-9(27)19-11;1-2/h20-21H,1-3H2,(H2,12,16,24)(H2,13,17,25)(H2,14,18,22,26)(H2,15,19,23,27);1H2. The van der Waals surface area contributed by atoms with Gasteiger partial charge in [0.25, 0.3) is 11.8 Å². The van der Waals surface area contributed by atoms with Crippen LogP contribution in [0.15, 0.2) is 0 Å². The number of aliphatic hydroxyl groups is 2. The summed E-state index contributed by atoms with van der Waals surface area (Å²) in [6.07, 6.45) is 0. The van der Waals surface area contributed by atoms with Gasteiger partial charge in [-0.1, -0.05) is 0 Å². The van der Waals surface area contributed by atoms with Gasteiger partial charge in [0, 0.05) is 0 Å². The Kier molecular flexibility index (Phi) is 7.38. The first kappa shape index (κ1) is 23.0. The van der Waals surface area contributed by atoms with E-state index in [0.717, 1.165) is 0 Å². The number of hydrogen-bond donors (Lipinski definition) is 10. The minimum absolute atomic E-state index is 0.522. The van der Waals surface area contributed by atoms with Crippen LogP contribution < -0.4 is 42.5 Å². The minimum Gasteiger partial charge on any atom is -0.391 e. The van der Waals surface area contributed by atoms with Gasteiger partial charge in [-0.05, 0) is 0 Å². The van der Waals surface area contributed by atoms with Crippen molar-refractivity contribution in [3.05, 3.63) is 0 Å². The van der Waals surface area contributed by atoms with Gasteiger partial charge in [-0.25, -0.2) is 19.2 Å². The lowest BCUT2D eigenvalue weighted by molar-refractivity contribution is -0.126. The van der Waals surface area contributed by atoms with Crippen LogP contribution in [0.25, 0.3) is 0 Å². The average molecular weight is 418 g/mol. The molecular weight excluding hydrogens is 400 g/mol. The summed E-state index contributed by atoms with van der Waals surface area (Å²) in [6, 6.07) is -3.91. The fourth-order valence-corrected chi connectivity index (χ4v) is 2.14. The van der Waals surface area contributed by atoms with E-state index in [0.29, 0.717) is 0 Å². The van der Waals surface area contributed by atoms with Crippen LogP contribution in [-0.2, 0) is 14.4 Å². The van der Waals surface area contributed by atoms with Crippen LogP contribution in [0.2, 0.25) is 0 Å². The Labute approximate surface area is 161 Å². The first-order chi connectivity index (χ1) is 13.7. The molecule has 0 aromatic heterocycles. The summed E-state index contributed by atoms with van der Waals surface area (Å²) < 4.78 is 0. The largest absolute Gasteiger partial charge is 0.391 e. The molecule has 2 fully saturated rings. The van der Waals surface area contributed by atoms with Crippen molar-refractivity contribution in [3.63, 3.8) is 0 Å². The van der Waals surface area contributed by atoms with Crippen molar-refractivity contribution < 1.29 is 43.8 Å². The van der Waals surface area contributed by atoms with E-state index in [-0.39, 0.29) is 0 Å². The topological polar surface area (TPSA) is 256 Å². The Morgan fingerprint density at radius 1 is 0.793 bits per heavy atom. The first-order valence-corrected chi connectivity index (χ1v) is 7.56. The lowest BCUT2D eigenvalue weighted by atomic mass is 10.2. The maximum atomic E-state index is 11.8. The molecule has 2 saturated heterocycles. The molecule has 29 heavy (non-hydrogen) atoms. The molecule has 0 aromatic rings. The molecule has 17 nitrogen and oxygen atoms in total. The van der Waals surface area contributed by atoms with Gasteiger partial charge in [0.1, 0.15) is 6.79 Å². The smallest absolute Gasteiger partial charge is 0.323 e. The highest BCUT2D eigenvalue weighted by molar-refractivity contribution is 6.09. The van der Waals surface area contributed by atoms with Gasteiger partial charge in [0.15, 0.2) is 0 Å². The van der Waals surface area contributed by atoms with E-state index in [1.54, 1.807) is 0 Å². The van der Waals surface area contributed by atoms with Crippen LogP contribution >= 0.6 is 0 Å². The van der Waals surface area contributed by atoms with Crippen molar-refractivity contribution in [1.29, 1.82) is 0 Å². The van der Waals surface area contributed by atoms with E-state index >= 15 is 0 Å². The number of aliphatic hydroxyl groups excluding tert-OH is 2.